The SMILES string of the molecule is [C-]#[N+]c1cnc2c(Nc3cccc(C(=O)CCCN(C)C)c3)cc(Nc3ccc(C)c(NC(C)=O)c3)nn12. The van der Waals surface area contributed by atoms with Crippen LogP contribution in [-0.2, 0) is 4.79 Å². The molecule has 0 aliphatic heterocycles. The smallest absolute Gasteiger partial charge is 0.275 e. The summed E-state index contributed by atoms with van der Waals surface area (Å²) in [6, 6.07) is 14.7. The number of hydrogen-bond donors (Lipinski definition) is 3. The predicted octanol–water partition coefficient (Wildman–Crippen LogP) is 5.56. The van der Waals surface area contributed by atoms with Crippen LogP contribution in [0.5, 0.6) is 0 Å². The van der Waals surface area contributed by atoms with Crippen molar-refractivity contribution in [1.82, 2.24) is 19.5 Å². The molecule has 4 aromatic rings. The molecule has 4 rings (SSSR count). The average molecular weight is 511 g/mol. The second kappa shape index (κ2) is 11.5. The number of ketones is 1. The van der Waals surface area contributed by atoms with E-state index in [-0.39, 0.29) is 17.5 Å². The highest BCUT2D eigenvalue weighted by Crippen LogP contribution is 2.29. The van der Waals surface area contributed by atoms with Crippen LogP contribution in [-0.4, -0.2) is 51.8 Å². The number of benzene rings is 2. The van der Waals surface area contributed by atoms with Gasteiger partial charge in [0, 0.05) is 42.0 Å². The molecule has 0 aliphatic carbocycles. The van der Waals surface area contributed by atoms with Crippen LogP contribution in [0.25, 0.3) is 10.5 Å². The minimum atomic E-state index is -0.158. The van der Waals surface area contributed by atoms with Crippen LogP contribution in [0, 0.1) is 13.5 Å². The lowest BCUT2D eigenvalue weighted by molar-refractivity contribution is -0.114. The third-order valence-electron chi connectivity index (χ3n) is 5.86. The number of rotatable bonds is 10. The lowest BCUT2D eigenvalue weighted by Crippen LogP contribution is -2.14. The molecule has 194 valence electrons. The third-order valence-corrected chi connectivity index (χ3v) is 5.86. The van der Waals surface area contributed by atoms with Crippen LogP contribution in [0.15, 0.2) is 54.7 Å². The summed E-state index contributed by atoms with van der Waals surface area (Å²) < 4.78 is 1.47. The zero-order valence-corrected chi connectivity index (χ0v) is 21.9. The average Bonchev–Trinajstić information content (AvgIpc) is 3.29. The largest absolute Gasteiger partial charge is 0.360 e. The molecule has 0 saturated carbocycles. The maximum Gasteiger partial charge on any atom is 0.275 e. The molecule has 2 aromatic heterocycles. The van der Waals surface area contributed by atoms with Crippen molar-refractivity contribution < 1.29 is 9.59 Å². The summed E-state index contributed by atoms with van der Waals surface area (Å²) >= 11 is 0. The van der Waals surface area contributed by atoms with Crippen molar-refractivity contribution in [1.29, 1.82) is 0 Å². The summed E-state index contributed by atoms with van der Waals surface area (Å²) in [4.78, 5) is 34.3. The van der Waals surface area contributed by atoms with Crippen molar-refractivity contribution in [2.45, 2.75) is 26.7 Å². The van der Waals surface area contributed by atoms with E-state index in [4.69, 9.17) is 6.57 Å². The maximum absolute atomic E-state index is 12.7. The molecule has 3 N–H and O–H groups in total. The standard InChI is InChI=1S/C28H30N8O2/c1-18-11-12-22(15-23(18)31-19(2)37)33-26-16-24(28-30-17-27(29-3)36(28)34-26)32-21-9-6-8-20(14-21)25(38)10-7-13-35(4)5/h6,8-9,11-12,14-17,32H,7,10,13H2,1-2,4-5H3,(H,31,37)(H,33,34). The lowest BCUT2D eigenvalue weighted by atomic mass is 10.1. The number of hydrogen-bond acceptors (Lipinski definition) is 7. The van der Waals surface area contributed by atoms with Gasteiger partial charge in [-0.25, -0.2) is 4.98 Å². The number of fused-ring (bicyclic) bond motifs is 1. The van der Waals surface area contributed by atoms with Gasteiger partial charge in [-0.1, -0.05) is 29.9 Å². The minimum absolute atomic E-state index is 0.0863. The van der Waals surface area contributed by atoms with Crippen molar-refractivity contribution in [3.8, 4) is 0 Å². The van der Waals surface area contributed by atoms with Crippen LogP contribution in [0.3, 0.4) is 0 Å². The van der Waals surface area contributed by atoms with Gasteiger partial charge in [0.2, 0.25) is 5.91 Å². The van der Waals surface area contributed by atoms with Gasteiger partial charge in [0.25, 0.3) is 11.5 Å². The molecule has 0 fully saturated rings. The van der Waals surface area contributed by atoms with E-state index < -0.39 is 0 Å². The summed E-state index contributed by atoms with van der Waals surface area (Å²) in [5.74, 6) is 0.661. The van der Waals surface area contributed by atoms with E-state index in [0.29, 0.717) is 40.5 Å². The maximum atomic E-state index is 12.7. The lowest BCUT2D eigenvalue weighted by Gasteiger charge is -2.13. The molecule has 0 unspecified atom stereocenters. The Kier molecular flexibility index (Phi) is 7.99. The first-order chi connectivity index (χ1) is 18.2. The van der Waals surface area contributed by atoms with E-state index in [2.05, 4.69) is 35.8 Å². The van der Waals surface area contributed by atoms with Crippen LogP contribution < -0.4 is 16.0 Å². The topological polar surface area (TPSA) is 108 Å². The highest BCUT2D eigenvalue weighted by atomic mass is 16.1. The molecular formula is C28H30N8O2. The van der Waals surface area contributed by atoms with E-state index in [1.807, 2.05) is 63.5 Å². The van der Waals surface area contributed by atoms with Crippen molar-refractivity contribution in [2.75, 3.05) is 36.6 Å². The second-order valence-corrected chi connectivity index (χ2v) is 9.28. The van der Waals surface area contributed by atoms with Gasteiger partial charge in [0.1, 0.15) is 5.69 Å². The first kappa shape index (κ1) is 26.3. The number of carbonyl (C=O) groups is 2. The van der Waals surface area contributed by atoms with E-state index in [1.165, 1.54) is 17.6 Å². The summed E-state index contributed by atoms with van der Waals surface area (Å²) in [6.07, 6.45) is 2.73. The Hall–Kier alpha value is -4.75. The number of Topliss-reactive ketones (excluding diaryl/α,β-unsaturated/α-hetero) is 1. The second-order valence-electron chi connectivity index (χ2n) is 9.28. The van der Waals surface area contributed by atoms with Crippen molar-refractivity contribution in [2.24, 2.45) is 0 Å². The van der Waals surface area contributed by atoms with Gasteiger partial charge in [-0.3, -0.25) is 9.59 Å². The Morgan fingerprint density at radius 3 is 2.58 bits per heavy atom. The number of amides is 1. The Morgan fingerprint density at radius 2 is 1.84 bits per heavy atom. The molecule has 0 atom stereocenters. The van der Waals surface area contributed by atoms with Gasteiger partial charge in [-0.05, 0) is 63.8 Å². The highest BCUT2D eigenvalue weighted by molar-refractivity contribution is 5.97. The number of aromatic nitrogens is 3. The number of nitrogens with one attached hydrogen (secondary N) is 3. The minimum Gasteiger partial charge on any atom is -0.360 e. The number of aryl methyl sites for hydroxylation is 1. The van der Waals surface area contributed by atoms with Gasteiger partial charge < -0.3 is 25.7 Å². The van der Waals surface area contributed by atoms with Gasteiger partial charge in [0.05, 0.1) is 6.20 Å². The number of nitrogens with zero attached hydrogens (tertiary/aromatic N) is 5. The van der Waals surface area contributed by atoms with Gasteiger partial charge in [0.15, 0.2) is 11.6 Å². The molecule has 0 saturated heterocycles. The van der Waals surface area contributed by atoms with Gasteiger partial charge in [-0.2, -0.15) is 0 Å². The van der Waals surface area contributed by atoms with Crippen LogP contribution in [0.1, 0.15) is 35.7 Å². The Labute approximate surface area is 221 Å². The zero-order chi connectivity index (χ0) is 27.2. The normalized spacial score (nSPS) is 10.8. The van der Waals surface area contributed by atoms with Crippen molar-refractivity contribution in [3.63, 3.8) is 0 Å². The molecule has 0 spiro atoms. The number of carbonyl (C=O) groups excluding carboxylic acids is 2. The molecule has 0 bridgehead atoms. The fourth-order valence-electron chi connectivity index (χ4n) is 3.98. The molecule has 1 amide bonds. The van der Waals surface area contributed by atoms with E-state index in [0.717, 1.165) is 24.2 Å². The fourth-order valence-corrected chi connectivity index (χ4v) is 3.98. The zero-order valence-electron chi connectivity index (χ0n) is 21.9. The van der Waals surface area contributed by atoms with Crippen LogP contribution >= 0.6 is 0 Å². The monoisotopic (exact) mass is 510 g/mol. The van der Waals surface area contributed by atoms with E-state index >= 15 is 0 Å². The first-order valence-electron chi connectivity index (χ1n) is 12.2. The number of imidazole rings is 1. The quantitative estimate of drug-likeness (QED) is 0.189. The Morgan fingerprint density at radius 1 is 1.05 bits per heavy atom. The van der Waals surface area contributed by atoms with Crippen molar-refractivity contribution in [3.05, 3.63) is 77.3 Å². The van der Waals surface area contributed by atoms with Crippen LogP contribution in [0.2, 0.25) is 0 Å². The first-order valence-corrected chi connectivity index (χ1v) is 12.2. The number of anilines is 5. The summed E-state index contributed by atoms with van der Waals surface area (Å²) in [5.41, 5.74) is 4.78. The summed E-state index contributed by atoms with van der Waals surface area (Å²) in [7, 11) is 3.98. The Bertz CT molecular complexity index is 1530. The molecule has 38 heavy (non-hydrogen) atoms. The van der Waals surface area contributed by atoms with E-state index in [1.54, 1.807) is 6.07 Å². The fraction of sp³-hybridized carbons (Fsp3) is 0.250. The summed E-state index contributed by atoms with van der Waals surface area (Å²) in [6.45, 7) is 11.7. The molecule has 10 heteroatoms. The third kappa shape index (κ3) is 6.32. The molecular weight excluding hydrogens is 480 g/mol. The van der Waals surface area contributed by atoms with Gasteiger partial charge in [-0.15, -0.1) is 4.52 Å². The van der Waals surface area contributed by atoms with E-state index in [9.17, 15) is 9.59 Å². The molecule has 2 heterocycles. The van der Waals surface area contributed by atoms with Crippen molar-refractivity contribution >= 4 is 51.7 Å². The molecule has 0 radical (unpaired) electrons. The predicted molar refractivity (Wildman–Crippen MR) is 150 cm³/mol. The summed E-state index contributed by atoms with van der Waals surface area (Å²) in [5, 5.41) is 14.0. The van der Waals surface area contributed by atoms with Crippen LogP contribution in [0.4, 0.5) is 34.4 Å². The Balaban J connectivity index is 1.64. The highest BCUT2D eigenvalue weighted by Gasteiger charge is 2.16. The molecule has 0 aliphatic rings. The molecule has 2 aromatic carbocycles. The van der Waals surface area contributed by atoms with Gasteiger partial charge >= 0.3 is 0 Å². The molecule has 10 nitrogen and oxygen atoms in total.